The predicted octanol–water partition coefficient (Wildman–Crippen LogP) is 4.74. The van der Waals surface area contributed by atoms with Gasteiger partial charge in [0.15, 0.2) is 11.6 Å². The second-order valence-electron chi connectivity index (χ2n) is 4.01. The number of rotatable bonds is 3. The second-order valence-corrected chi connectivity index (χ2v) is 4.92. The van der Waals surface area contributed by atoms with Gasteiger partial charge in [-0.15, -0.1) is 0 Å². The summed E-state index contributed by atoms with van der Waals surface area (Å²) in [4.78, 5) is 10.1. The summed E-state index contributed by atoms with van der Waals surface area (Å²) >= 11 is 3.03. The summed E-state index contributed by atoms with van der Waals surface area (Å²) < 4.78 is 32.4. The van der Waals surface area contributed by atoms with Crippen molar-refractivity contribution in [2.45, 2.75) is 6.92 Å². The van der Waals surface area contributed by atoms with Crippen LogP contribution in [0, 0.1) is 28.7 Å². The maximum atomic E-state index is 13.6. The Labute approximate surface area is 121 Å². The van der Waals surface area contributed by atoms with Crippen LogP contribution in [-0.4, -0.2) is 4.92 Å². The molecule has 0 N–H and O–H groups in total. The standard InChI is InChI=1S/C13H8BrF2NO3/c1-7-4-9(17(18)19)2-3-11(7)20-12-6-8(14)5-10(15)13(12)16/h2-6H,1H3. The van der Waals surface area contributed by atoms with E-state index in [9.17, 15) is 18.9 Å². The Hall–Kier alpha value is -2.02. The van der Waals surface area contributed by atoms with Gasteiger partial charge >= 0.3 is 0 Å². The van der Waals surface area contributed by atoms with E-state index in [1.165, 1.54) is 24.3 Å². The first-order chi connectivity index (χ1) is 9.38. The molecule has 0 aromatic heterocycles. The van der Waals surface area contributed by atoms with Gasteiger partial charge in [-0.1, -0.05) is 15.9 Å². The van der Waals surface area contributed by atoms with E-state index in [-0.39, 0.29) is 17.2 Å². The average molecular weight is 344 g/mol. The molecule has 4 nitrogen and oxygen atoms in total. The Morgan fingerprint density at radius 3 is 2.50 bits per heavy atom. The zero-order chi connectivity index (χ0) is 14.9. The monoisotopic (exact) mass is 343 g/mol. The third kappa shape index (κ3) is 2.93. The summed E-state index contributed by atoms with van der Waals surface area (Å²) in [6.45, 7) is 1.58. The summed E-state index contributed by atoms with van der Waals surface area (Å²) in [5.74, 6) is -2.25. The molecule has 20 heavy (non-hydrogen) atoms. The summed E-state index contributed by atoms with van der Waals surface area (Å²) in [5, 5.41) is 10.6. The van der Waals surface area contributed by atoms with E-state index in [1.54, 1.807) is 6.92 Å². The molecular weight excluding hydrogens is 336 g/mol. The smallest absolute Gasteiger partial charge is 0.269 e. The van der Waals surface area contributed by atoms with Gasteiger partial charge in [0, 0.05) is 16.6 Å². The molecule has 2 aromatic rings. The molecule has 2 aromatic carbocycles. The first-order valence-electron chi connectivity index (χ1n) is 5.46. The molecule has 7 heteroatoms. The number of hydrogen-bond donors (Lipinski definition) is 0. The molecule has 0 heterocycles. The fraction of sp³-hybridized carbons (Fsp3) is 0.0769. The molecule has 104 valence electrons. The lowest BCUT2D eigenvalue weighted by Gasteiger charge is -2.10. The summed E-state index contributed by atoms with van der Waals surface area (Å²) in [6.07, 6.45) is 0. The van der Waals surface area contributed by atoms with E-state index in [1.807, 2.05) is 0 Å². The van der Waals surface area contributed by atoms with Crippen molar-refractivity contribution < 1.29 is 18.4 Å². The molecule has 0 unspecified atom stereocenters. The molecule has 0 aliphatic carbocycles. The fourth-order valence-corrected chi connectivity index (χ4v) is 2.00. The van der Waals surface area contributed by atoms with Crippen molar-refractivity contribution in [3.63, 3.8) is 0 Å². The Morgan fingerprint density at radius 1 is 1.20 bits per heavy atom. The van der Waals surface area contributed by atoms with Gasteiger partial charge in [-0.3, -0.25) is 10.1 Å². The van der Waals surface area contributed by atoms with Crippen LogP contribution in [0.2, 0.25) is 0 Å². The van der Waals surface area contributed by atoms with E-state index in [0.29, 0.717) is 10.0 Å². The molecule has 0 bridgehead atoms. The second kappa shape index (κ2) is 5.54. The lowest BCUT2D eigenvalue weighted by Crippen LogP contribution is -1.95. The van der Waals surface area contributed by atoms with Crippen LogP contribution in [0.4, 0.5) is 14.5 Å². The van der Waals surface area contributed by atoms with Crippen LogP contribution in [0.25, 0.3) is 0 Å². The van der Waals surface area contributed by atoms with Gasteiger partial charge in [-0.2, -0.15) is 4.39 Å². The van der Waals surface area contributed by atoms with Crippen molar-refractivity contribution >= 4 is 21.6 Å². The van der Waals surface area contributed by atoms with Gasteiger partial charge in [0.25, 0.3) is 5.69 Å². The van der Waals surface area contributed by atoms with Crippen molar-refractivity contribution in [1.29, 1.82) is 0 Å². The quantitative estimate of drug-likeness (QED) is 0.459. The van der Waals surface area contributed by atoms with Crippen LogP contribution in [-0.2, 0) is 0 Å². The van der Waals surface area contributed by atoms with Crippen molar-refractivity contribution in [2.75, 3.05) is 0 Å². The number of hydrogen-bond acceptors (Lipinski definition) is 3. The van der Waals surface area contributed by atoms with Crippen molar-refractivity contribution in [1.82, 2.24) is 0 Å². The normalized spacial score (nSPS) is 10.4. The van der Waals surface area contributed by atoms with Gasteiger partial charge in [-0.05, 0) is 30.7 Å². The molecule has 2 rings (SSSR count). The Balaban J connectivity index is 2.38. The molecule has 0 amide bonds. The van der Waals surface area contributed by atoms with Gasteiger partial charge in [0.1, 0.15) is 5.75 Å². The predicted molar refractivity (Wildman–Crippen MR) is 72.0 cm³/mol. The highest BCUT2D eigenvalue weighted by Crippen LogP contribution is 2.32. The van der Waals surface area contributed by atoms with Gasteiger partial charge in [0.05, 0.1) is 4.92 Å². The van der Waals surface area contributed by atoms with Crippen molar-refractivity contribution in [2.24, 2.45) is 0 Å². The zero-order valence-corrected chi connectivity index (χ0v) is 11.8. The van der Waals surface area contributed by atoms with Crippen LogP contribution in [0.15, 0.2) is 34.8 Å². The number of non-ortho nitro benzene ring substituents is 1. The molecule has 0 aliphatic rings. The van der Waals surface area contributed by atoms with E-state index >= 15 is 0 Å². The molecule has 0 saturated heterocycles. The molecule has 0 atom stereocenters. The minimum atomic E-state index is -1.12. The number of ether oxygens (including phenoxy) is 1. The Morgan fingerprint density at radius 2 is 1.90 bits per heavy atom. The SMILES string of the molecule is Cc1cc([N+](=O)[O-])ccc1Oc1cc(Br)cc(F)c1F. The number of nitro groups is 1. The minimum absolute atomic E-state index is 0.101. The maximum absolute atomic E-state index is 13.6. The Bertz CT molecular complexity index is 692. The topological polar surface area (TPSA) is 52.4 Å². The molecule has 0 fully saturated rings. The van der Waals surface area contributed by atoms with E-state index in [0.717, 1.165) is 6.07 Å². The molecule has 0 aliphatic heterocycles. The lowest BCUT2D eigenvalue weighted by atomic mass is 10.2. The number of aryl methyl sites for hydroxylation is 1. The van der Waals surface area contributed by atoms with E-state index in [4.69, 9.17) is 4.74 Å². The number of halogens is 3. The number of nitro benzene ring substituents is 1. The zero-order valence-electron chi connectivity index (χ0n) is 10.2. The highest BCUT2D eigenvalue weighted by Gasteiger charge is 2.15. The Kier molecular flexibility index (Phi) is 3.99. The van der Waals surface area contributed by atoms with E-state index < -0.39 is 16.6 Å². The van der Waals surface area contributed by atoms with Crippen LogP contribution in [0.5, 0.6) is 11.5 Å². The highest BCUT2D eigenvalue weighted by molar-refractivity contribution is 9.10. The maximum Gasteiger partial charge on any atom is 0.269 e. The van der Waals surface area contributed by atoms with Crippen molar-refractivity contribution in [3.05, 3.63) is 62.1 Å². The number of nitrogens with zero attached hydrogens (tertiary/aromatic N) is 1. The fourth-order valence-electron chi connectivity index (χ4n) is 1.59. The van der Waals surface area contributed by atoms with E-state index in [2.05, 4.69) is 15.9 Å². The molecule has 0 spiro atoms. The van der Waals surface area contributed by atoms with Gasteiger partial charge in [0.2, 0.25) is 5.82 Å². The van der Waals surface area contributed by atoms with Crippen molar-refractivity contribution in [3.8, 4) is 11.5 Å². The van der Waals surface area contributed by atoms with Crippen LogP contribution in [0.3, 0.4) is 0 Å². The largest absolute Gasteiger partial charge is 0.454 e. The first kappa shape index (κ1) is 14.4. The van der Waals surface area contributed by atoms with Gasteiger partial charge < -0.3 is 4.74 Å². The molecule has 0 saturated carbocycles. The average Bonchev–Trinajstić information content (AvgIpc) is 2.37. The summed E-state index contributed by atoms with van der Waals surface area (Å²) in [7, 11) is 0. The highest BCUT2D eigenvalue weighted by atomic mass is 79.9. The first-order valence-corrected chi connectivity index (χ1v) is 6.25. The third-order valence-electron chi connectivity index (χ3n) is 2.55. The number of benzene rings is 2. The van der Waals surface area contributed by atoms with Crippen LogP contribution < -0.4 is 4.74 Å². The van der Waals surface area contributed by atoms with Crippen LogP contribution >= 0.6 is 15.9 Å². The molecular formula is C13H8BrF2NO3. The lowest BCUT2D eigenvalue weighted by molar-refractivity contribution is -0.384. The van der Waals surface area contributed by atoms with Crippen LogP contribution in [0.1, 0.15) is 5.56 Å². The summed E-state index contributed by atoms with van der Waals surface area (Å²) in [6, 6.07) is 6.12. The molecule has 0 radical (unpaired) electrons. The third-order valence-corrected chi connectivity index (χ3v) is 3.01. The summed E-state index contributed by atoms with van der Waals surface area (Å²) in [5.41, 5.74) is 0.342. The minimum Gasteiger partial charge on any atom is -0.454 e. The van der Waals surface area contributed by atoms with Gasteiger partial charge in [-0.25, -0.2) is 4.39 Å².